The number of ether oxygens (including phenoxy) is 1. The lowest BCUT2D eigenvalue weighted by molar-refractivity contribution is 0.0454. The first-order valence-electron chi connectivity index (χ1n) is 5.62. The highest BCUT2D eigenvalue weighted by Crippen LogP contribution is 2.20. The van der Waals surface area contributed by atoms with E-state index in [-0.39, 0.29) is 17.7 Å². The van der Waals surface area contributed by atoms with E-state index in [9.17, 15) is 13.6 Å². The molecule has 0 atom stereocenters. The summed E-state index contributed by atoms with van der Waals surface area (Å²) in [6.07, 6.45) is 0.608. The van der Waals surface area contributed by atoms with Gasteiger partial charge >= 0.3 is 5.97 Å². The van der Waals surface area contributed by atoms with E-state index in [2.05, 4.69) is 0 Å². The number of carbonyl (C=O) groups excluding carboxylic acids is 1. The zero-order chi connectivity index (χ0) is 13.9. The lowest BCUT2D eigenvalue weighted by Gasteiger charge is -2.17. The van der Waals surface area contributed by atoms with Crippen molar-refractivity contribution in [2.45, 2.75) is 27.2 Å². The number of esters is 1. The summed E-state index contributed by atoms with van der Waals surface area (Å²) in [4.78, 5) is 11.5. The van der Waals surface area contributed by atoms with E-state index in [0.717, 1.165) is 12.1 Å². The van der Waals surface area contributed by atoms with Crippen LogP contribution in [0, 0.1) is 17.0 Å². The highest BCUT2D eigenvalue weighted by molar-refractivity contribution is 5.90. The number of rotatable bonds is 3. The van der Waals surface area contributed by atoms with Crippen LogP contribution in [-0.2, 0) is 4.74 Å². The maximum absolute atomic E-state index is 13.4. The van der Waals surface area contributed by atoms with Gasteiger partial charge in [-0.05, 0) is 24.0 Å². The van der Waals surface area contributed by atoms with Crippen molar-refractivity contribution in [3.8, 4) is 0 Å². The van der Waals surface area contributed by atoms with Gasteiger partial charge in [-0.2, -0.15) is 0 Å². The van der Waals surface area contributed by atoms with Crippen LogP contribution in [0.2, 0.25) is 0 Å². The quantitative estimate of drug-likeness (QED) is 0.668. The van der Waals surface area contributed by atoms with E-state index < -0.39 is 23.2 Å². The number of benzene rings is 1. The fourth-order valence-corrected chi connectivity index (χ4v) is 1.31. The van der Waals surface area contributed by atoms with E-state index in [4.69, 9.17) is 10.5 Å². The minimum absolute atomic E-state index is 0.0154. The van der Waals surface area contributed by atoms with Crippen LogP contribution in [0.1, 0.15) is 37.6 Å². The molecule has 5 heteroatoms. The Balaban J connectivity index is 2.74. The molecule has 1 aromatic carbocycles. The van der Waals surface area contributed by atoms with E-state index in [0.29, 0.717) is 6.42 Å². The molecule has 0 amide bonds. The van der Waals surface area contributed by atoms with Crippen molar-refractivity contribution in [3.63, 3.8) is 0 Å². The molecule has 0 saturated carbocycles. The summed E-state index contributed by atoms with van der Waals surface area (Å²) in [5, 5.41) is 0. The number of nitrogens with two attached hydrogens (primary N) is 1. The number of hydrogen-bond acceptors (Lipinski definition) is 3. The van der Waals surface area contributed by atoms with Gasteiger partial charge < -0.3 is 10.5 Å². The fourth-order valence-electron chi connectivity index (χ4n) is 1.31. The third-order valence-electron chi connectivity index (χ3n) is 2.35. The molecule has 0 aliphatic rings. The fraction of sp³-hybridized carbons (Fsp3) is 0.462. The third-order valence-corrected chi connectivity index (χ3v) is 2.35. The first-order chi connectivity index (χ1) is 8.20. The summed E-state index contributed by atoms with van der Waals surface area (Å²) in [6.45, 7) is 6.05. The van der Waals surface area contributed by atoms with Gasteiger partial charge in [-0.25, -0.2) is 13.6 Å². The Hall–Kier alpha value is -1.65. The highest BCUT2D eigenvalue weighted by atomic mass is 19.1. The van der Waals surface area contributed by atoms with Crippen LogP contribution in [0.15, 0.2) is 12.1 Å². The largest absolute Gasteiger partial charge is 0.462 e. The molecule has 0 unspecified atom stereocenters. The van der Waals surface area contributed by atoms with Gasteiger partial charge in [0.1, 0.15) is 17.2 Å². The van der Waals surface area contributed by atoms with Crippen LogP contribution in [0.5, 0.6) is 0 Å². The Kier molecular flexibility index (Phi) is 4.27. The zero-order valence-corrected chi connectivity index (χ0v) is 10.7. The van der Waals surface area contributed by atoms with Crippen molar-refractivity contribution in [1.29, 1.82) is 0 Å². The summed E-state index contributed by atoms with van der Waals surface area (Å²) < 4.78 is 31.7. The summed E-state index contributed by atoms with van der Waals surface area (Å²) in [7, 11) is 0. The van der Waals surface area contributed by atoms with Crippen molar-refractivity contribution < 1.29 is 18.3 Å². The average molecular weight is 257 g/mol. The maximum Gasteiger partial charge on any atom is 0.344 e. The number of nitrogen functional groups attached to an aromatic ring is 1. The molecule has 0 fully saturated rings. The van der Waals surface area contributed by atoms with Gasteiger partial charge in [-0.15, -0.1) is 0 Å². The van der Waals surface area contributed by atoms with Crippen molar-refractivity contribution >= 4 is 11.7 Å². The SMILES string of the molecule is CC(C)(C)CCOC(=O)c1c(F)cc(N)cc1F. The predicted octanol–water partition coefficient (Wildman–Crippen LogP) is 3.14. The normalized spacial score (nSPS) is 11.4. The molecule has 2 N–H and O–H groups in total. The lowest BCUT2D eigenvalue weighted by Crippen LogP contribution is -2.15. The second-order valence-corrected chi connectivity index (χ2v) is 5.31. The van der Waals surface area contributed by atoms with Crippen LogP contribution in [0.4, 0.5) is 14.5 Å². The van der Waals surface area contributed by atoms with Crippen molar-refractivity contribution in [2.75, 3.05) is 12.3 Å². The van der Waals surface area contributed by atoms with Crippen LogP contribution < -0.4 is 5.73 Å². The summed E-state index contributed by atoms with van der Waals surface area (Å²) in [5.41, 5.74) is 4.47. The monoisotopic (exact) mass is 257 g/mol. The molecule has 0 spiro atoms. The van der Waals surface area contributed by atoms with E-state index in [1.165, 1.54) is 0 Å². The molecule has 18 heavy (non-hydrogen) atoms. The highest BCUT2D eigenvalue weighted by Gasteiger charge is 2.20. The van der Waals surface area contributed by atoms with Crippen LogP contribution in [-0.4, -0.2) is 12.6 Å². The Morgan fingerprint density at radius 1 is 1.28 bits per heavy atom. The van der Waals surface area contributed by atoms with Gasteiger partial charge in [0.25, 0.3) is 0 Å². The Labute approximate surface area is 105 Å². The number of anilines is 1. The van der Waals surface area contributed by atoms with Gasteiger partial charge in [0.15, 0.2) is 0 Å². The predicted molar refractivity (Wildman–Crippen MR) is 65.1 cm³/mol. The summed E-state index contributed by atoms with van der Waals surface area (Å²) in [6, 6.07) is 1.78. The topological polar surface area (TPSA) is 52.3 Å². The van der Waals surface area contributed by atoms with Gasteiger partial charge in [-0.3, -0.25) is 0 Å². The molecule has 0 heterocycles. The molecule has 1 aromatic rings. The Bertz CT molecular complexity index is 430. The van der Waals surface area contributed by atoms with Gasteiger partial charge in [0, 0.05) is 5.69 Å². The molecule has 0 saturated heterocycles. The van der Waals surface area contributed by atoms with Gasteiger partial charge in [0.05, 0.1) is 6.61 Å². The first kappa shape index (κ1) is 14.4. The molecule has 0 radical (unpaired) electrons. The molecular weight excluding hydrogens is 240 g/mol. The third kappa shape index (κ3) is 3.98. The van der Waals surface area contributed by atoms with Crippen molar-refractivity contribution in [3.05, 3.63) is 29.3 Å². The van der Waals surface area contributed by atoms with E-state index in [1.54, 1.807) is 0 Å². The molecule has 1 rings (SSSR count). The standard InChI is InChI=1S/C13H17F2NO2/c1-13(2,3)4-5-18-12(17)11-9(14)6-8(16)7-10(11)15/h6-7H,4-5,16H2,1-3H3. The van der Waals surface area contributed by atoms with Crippen LogP contribution >= 0.6 is 0 Å². The van der Waals surface area contributed by atoms with Crippen LogP contribution in [0.3, 0.4) is 0 Å². The van der Waals surface area contributed by atoms with Gasteiger partial charge in [0.2, 0.25) is 0 Å². The van der Waals surface area contributed by atoms with E-state index >= 15 is 0 Å². The van der Waals surface area contributed by atoms with Crippen molar-refractivity contribution in [2.24, 2.45) is 5.41 Å². The molecule has 100 valence electrons. The average Bonchev–Trinajstić information content (AvgIpc) is 2.13. The second-order valence-electron chi connectivity index (χ2n) is 5.31. The molecule has 0 aliphatic carbocycles. The minimum Gasteiger partial charge on any atom is -0.462 e. The Morgan fingerprint density at radius 2 is 1.78 bits per heavy atom. The number of halogens is 2. The number of carbonyl (C=O) groups is 1. The number of hydrogen-bond donors (Lipinski definition) is 1. The van der Waals surface area contributed by atoms with E-state index in [1.807, 2.05) is 20.8 Å². The molecular formula is C13H17F2NO2. The zero-order valence-electron chi connectivity index (χ0n) is 10.7. The summed E-state index contributed by atoms with van der Waals surface area (Å²) >= 11 is 0. The van der Waals surface area contributed by atoms with Crippen molar-refractivity contribution in [1.82, 2.24) is 0 Å². The minimum atomic E-state index is -1.01. The molecule has 0 aliphatic heterocycles. The smallest absolute Gasteiger partial charge is 0.344 e. The molecule has 0 bridgehead atoms. The Morgan fingerprint density at radius 3 is 2.22 bits per heavy atom. The first-order valence-corrected chi connectivity index (χ1v) is 5.62. The summed E-state index contributed by atoms with van der Waals surface area (Å²) in [5.74, 6) is -3.02. The molecule has 0 aromatic heterocycles. The molecule has 3 nitrogen and oxygen atoms in total. The lowest BCUT2D eigenvalue weighted by atomic mass is 9.93. The second kappa shape index (κ2) is 5.33. The maximum atomic E-state index is 13.4. The van der Waals surface area contributed by atoms with Crippen LogP contribution in [0.25, 0.3) is 0 Å². The van der Waals surface area contributed by atoms with Gasteiger partial charge in [-0.1, -0.05) is 20.8 Å².